The van der Waals surface area contributed by atoms with Gasteiger partial charge in [0.2, 0.25) is 11.0 Å². The van der Waals surface area contributed by atoms with Crippen LogP contribution in [0.1, 0.15) is 12.0 Å². The van der Waals surface area contributed by atoms with Gasteiger partial charge in [-0.2, -0.15) is 0 Å². The van der Waals surface area contributed by atoms with E-state index in [1.165, 1.54) is 11.3 Å². The Balaban J connectivity index is 1.58. The lowest BCUT2D eigenvalue weighted by atomic mass is 10.1. The van der Waals surface area contributed by atoms with Crippen molar-refractivity contribution in [2.75, 3.05) is 5.32 Å². The lowest BCUT2D eigenvalue weighted by molar-refractivity contribution is -0.116. The van der Waals surface area contributed by atoms with Gasteiger partial charge in [-0.15, -0.1) is 10.2 Å². The molecular formula is C17H14ClN3OS. The van der Waals surface area contributed by atoms with E-state index >= 15 is 0 Å². The van der Waals surface area contributed by atoms with Gasteiger partial charge in [0.05, 0.1) is 0 Å². The zero-order chi connectivity index (χ0) is 16.1. The molecule has 0 radical (unpaired) electrons. The quantitative estimate of drug-likeness (QED) is 0.745. The molecule has 2 aromatic carbocycles. The van der Waals surface area contributed by atoms with Crippen molar-refractivity contribution < 1.29 is 4.79 Å². The molecule has 1 amide bonds. The lowest BCUT2D eigenvalue weighted by Crippen LogP contribution is -2.12. The minimum absolute atomic E-state index is 0.0624. The Hall–Kier alpha value is -2.24. The van der Waals surface area contributed by atoms with Crippen LogP contribution in [-0.4, -0.2) is 16.1 Å². The molecule has 4 nitrogen and oxygen atoms in total. The molecule has 0 aliphatic carbocycles. The number of anilines is 1. The van der Waals surface area contributed by atoms with Gasteiger partial charge < -0.3 is 5.32 Å². The smallest absolute Gasteiger partial charge is 0.226 e. The van der Waals surface area contributed by atoms with Crippen LogP contribution in [0.15, 0.2) is 54.6 Å². The molecule has 0 unspecified atom stereocenters. The van der Waals surface area contributed by atoms with Gasteiger partial charge in [0, 0.05) is 17.0 Å². The van der Waals surface area contributed by atoms with Gasteiger partial charge >= 0.3 is 0 Å². The van der Waals surface area contributed by atoms with Crippen LogP contribution >= 0.6 is 22.9 Å². The third-order valence-corrected chi connectivity index (χ3v) is 4.39. The second-order valence-electron chi connectivity index (χ2n) is 4.95. The fraction of sp³-hybridized carbons (Fsp3) is 0.118. The second-order valence-corrected chi connectivity index (χ2v) is 6.37. The Kier molecular flexibility index (Phi) is 5.00. The normalized spacial score (nSPS) is 10.5. The highest BCUT2D eigenvalue weighted by atomic mass is 35.5. The molecule has 0 spiro atoms. The summed E-state index contributed by atoms with van der Waals surface area (Å²) in [6, 6.07) is 17.3. The van der Waals surface area contributed by atoms with Crippen molar-refractivity contribution in [3.63, 3.8) is 0 Å². The van der Waals surface area contributed by atoms with Crippen LogP contribution in [-0.2, 0) is 11.2 Å². The molecule has 0 aliphatic rings. The zero-order valence-electron chi connectivity index (χ0n) is 12.2. The molecule has 3 rings (SSSR count). The predicted octanol–water partition coefficient (Wildman–Crippen LogP) is 4.43. The highest BCUT2D eigenvalue weighted by Gasteiger charge is 2.09. The fourth-order valence-electron chi connectivity index (χ4n) is 2.07. The number of benzene rings is 2. The molecule has 1 N–H and O–H groups in total. The predicted molar refractivity (Wildman–Crippen MR) is 93.7 cm³/mol. The Labute approximate surface area is 143 Å². The lowest BCUT2D eigenvalue weighted by Gasteiger charge is -2.01. The first kappa shape index (κ1) is 15.6. The number of hydrogen-bond acceptors (Lipinski definition) is 4. The number of amides is 1. The summed E-state index contributed by atoms with van der Waals surface area (Å²) < 4.78 is 0. The Bertz CT molecular complexity index is 787. The van der Waals surface area contributed by atoms with E-state index in [0.717, 1.165) is 16.1 Å². The minimum Gasteiger partial charge on any atom is -0.301 e. The summed E-state index contributed by atoms with van der Waals surface area (Å²) >= 11 is 7.21. The average Bonchev–Trinajstić information content (AvgIpc) is 3.03. The number of hydrogen-bond donors (Lipinski definition) is 1. The van der Waals surface area contributed by atoms with E-state index in [-0.39, 0.29) is 5.91 Å². The topological polar surface area (TPSA) is 54.9 Å². The number of carbonyl (C=O) groups excluding carboxylic acids is 1. The second kappa shape index (κ2) is 7.35. The van der Waals surface area contributed by atoms with Gasteiger partial charge in [-0.05, 0) is 24.1 Å². The summed E-state index contributed by atoms with van der Waals surface area (Å²) in [5.41, 5.74) is 2.07. The molecule has 6 heteroatoms. The Morgan fingerprint density at radius 3 is 2.52 bits per heavy atom. The van der Waals surface area contributed by atoms with E-state index in [0.29, 0.717) is 23.0 Å². The summed E-state index contributed by atoms with van der Waals surface area (Å²) in [6.07, 6.45) is 1.12. The van der Waals surface area contributed by atoms with Crippen LogP contribution in [0.3, 0.4) is 0 Å². The molecule has 0 saturated carbocycles. The van der Waals surface area contributed by atoms with E-state index in [1.807, 2.05) is 42.5 Å². The number of nitrogens with one attached hydrogen (secondary N) is 1. The highest BCUT2D eigenvalue weighted by molar-refractivity contribution is 7.18. The SMILES string of the molecule is O=C(CCc1ccccc1)Nc1nnc(-c2ccc(Cl)cc2)s1. The van der Waals surface area contributed by atoms with Gasteiger partial charge in [-0.25, -0.2) is 0 Å². The van der Waals surface area contributed by atoms with Crippen LogP contribution in [0.5, 0.6) is 0 Å². The first-order chi connectivity index (χ1) is 11.2. The van der Waals surface area contributed by atoms with Crippen molar-refractivity contribution in [3.05, 3.63) is 65.2 Å². The third-order valence-electron chi connectivity index (χ3n) is 3.25. The van der Waals surface area contributed by atoms with Gasteiger partial charge in [-0.3, -0.25) is 4.79 Å². The molecule has 1 heterocycles. The summed E-state index contributed by atoms with van der Waals surface area (Å²) in [5, 5.41) is 12.8. The van der Waals surface area contributed by atoms with Crippen molar-refractivity contribution in [3.8, 4) is 10.6 Å². The molecule has 116 valence electrons. The van der Waals surface area contributed by atoms with E-state index in [9.17, 15) is 4.79 Å². The summed E-state index contributed by atoms with van der Waals surface area (Å²) in [5.74, 6) is -0.0624. The van der Waals surface area contributed by atoms with Crippen LogP contribution in [0.25, 0.3) is 10.6 Å². The maximum atomic E-state index is 12.0. The van der Waals surface area contributed by atoms with E-state index < -0.39 is 0 Å². The maximum absolute atomic E-state index is 12.0. The van der Waals surface area contributed by atoms with Crippen molar-refractivity contribution in [1.82, 2.24) is 10.2 Å². The van der Waals surface area contributed by atoms with E-state index in [2.05, 4.69) is 15.5 Å². The van der Waals surface area contributed by atoms with Crippen molar-refractivity contribution in [2.45, 2.75) is 12.8 Å². The van der Waals surface area contributed by atoms with Gasteiger partial charge in [0.15, 0.2) is 0 Å². The molecule has 0 fully saturated rings. The standard InChI is InChI=1S/C17H14ClN3OS/c18-14-9-7-13(8-10-14)16-20-21-17(23-16)19-15(22)11-6-12-4-2-1-3-5-12/h1-5,7-10H,6,11H2,(H,19,21,22). The first-order valence-electron chi connectivity index (χ1n) is 7.14. The van der Waals surface area contributed by atoms with Crippen LogP contribution in [0, 0.1) is 0 Å². The van der Waals surface area contributed by atoms with Crippen LogP contribution in [0.2, 0.25) is 5.02 Å². The average molecular weight is 344 g/mol. The van der Waals surface area contributed by atoms with Crippen molar-refractivity contribution >= 4 is 34.0 Å². The number of aryl methyl sites for hydroxylation is 1. The number of rotatable bonds is 5. The third kappa shape index (κ3) is 4.37. The Morgan fingerprint density at radius 2 is 1.78 bits per heavy atom. The molecule has 3 aromatic rings. The zero-order valence-corrected chi connectivity index (χ0v) is 13.8. The summed E-state index contributed by atoms with van der Waals surface area (Å²) in [7, 11) is 0. The molecular weight excluding hydrogens is 330 g/mol. The van der Waals surface area contributed by atoms with Crippen LogP contribution < -0.4 is 5.32 Å². The van der Waals surface area contributed by atoms with Gasteiger partial charge in [-0.1, -0.05) is 65.4 Å². The van der Waals surface area contributed by atoms with Crippen LogP contribution in [0.4, 0.5) is 5.13 Å². The van der Waals surface area contributed by atoms with Gasteiger partial charge in [0.1, 0.15) is 5.01 Å². The number of halogens is 1. The van der Waals surface area contributed by atoms with Crippen molar-refractivity contribution in [2.24, 2.45) is 0 Å². The molecule has 0 saturated heterocycles. The fourth-order valence-corrected chi connectivity index (χ4v) is 2.96. The molecule has 0 atom stereocenters. The van der Waals surface area contributed by atoms with Crippen molar-refractivity contribution in [1.29, 1.82) is 0 Å². The molecule has 1 aromatic heterocycles. The number of nitrogens with zero attached hydrogens (tertiary/aromatic N) is 2. The highest BCUT2D eigenvalue weighted by Crippen LogP contribution is 2.27. The molecule has 0 aliphatic heterocycles. The molecule has 23 heavy (non-hydrogen) atoms. The van der Waals surface area contributed by atoms with E-state index in [1.54, 1.807) is 12.1 Å². The monoisotopic (exact) mass is 343 g/mol. The summed E-state index contributed by atoms with van der Waals surface area (Å²) in [4.78, 5) is 12.0. The largest absolute Gasteiger partial charge is 0.301 e. The Morgan fingerprint density at radius 1 is 1.04 bits per heavy atom. The first-order valence-corrected chi connectivity index (χ1v) is 8.33. The molecule has 0 bridgehead atoms. The number of carbonyl (C=O) groups is 1. The van der Waals surface area contributed by atoms with Gasteiger partial charge in [0.25, 0.3) is 0 Å². The number of aromatic nitrogens is 2. The maximum Gasteiger partial charge on any atom is 0.226 e. The minimum atomic E-state index is -0.0624. The van der Waals surface area contributed by atoms with E-state index in [4.69, 9.17) is 11.6 Å². The summed E-state index contributed by atoms with van der Waals surface area (Å²) in [6.45, 7) is 0.